The summed E-state index contributed by atoms with van der Waals surface area (Å²) in [4.78, 5) is 27.1. The molecule has 0 aliphatic heterocycles. The Morgan fingerprint density at radius 3 is 2.61 bits per heavy atom. The van der Waals surface area contributed by atoms with Crippen molar-refractivity contribution in [1.29, 1.82) is 5.26 Å². The number of nitrogens with one attached hydrogen (secondary N) is 2. The molecule has 166 valence electrons. The van der Waals surface area contributed by atoms with Crippen LogP contribution < -0.4 is 15.5 Å². The number of aromatic nitrogens is 1. The van der Waals surface area contributed by atoms with E-state index < -0.39 is 12.0 Å². The monoisotopic (exact) mass is 427 g/mol. The molecule has 0 spiro atoms. The Hall–Kier alpha value is -3.51. The van der Waals surface area contributed by atoms with E-state index in [1.54, 1.807) is 18.6 Å². The Labute approximate surface area is 182 Å². The van der Waals surface area contributed by atoms with E-state index in [9.17, 15) is 14.9 Å². The van der Waals surface area contributed by atoms with E-state index in [2.05, 4.69) is 10.6 Å². The zero-order chi connectivity index (χ0) is 22.8. The molecule has 1 aromatic carbocycles. The van der Waals surface area contributed by atoms with Crippen LogP contribution in [-0.2, 0) is 16.0 Å². The largest absolute Gasteiger partial charge is 0.461 e. The van der Waals surface area contributed by atoms with Gasteiger partial charge in [0.05, 0.1) is 24.5 Å². The second-order valence-electron chi connectivity index (χ2n) is 6.92. The molecule has 2 N–H and O–H groups in total. The van der Waals surface area contributed by atoms with Crippen LogP contribution in [0.3, 0.4) is 0 Å². The zero-order valence-electron chi connectivity index (χ0n) is 18.3. The van der Waals surface area contributed by atoms with Gasteiger partial charge < -0.3 is 29.6 Å². The molecule has 9 heteroatoms. The van der Waals surface area contributed by atoms with Crippen molar-refractivity contribution in [3.05, 3.63) is 47.8 Å². The number of carbonyl (C=O) groups is 2. The number of amides is 2. The number of para-hydroxylation sites is 1. The number of likely N-dealkylation sites (N-methyl/N-ethyl adjacent to an activating group) is 1. The molecular weight excluding hydrogens is 398 g/mol. The van der Waals surface area contributed by atoms with Gasteiger partial charge in [-0.1, -0.05) is 18.2 Å². The summed E-state index contributed by atoms with van der Waals surface area (Å²) in [5.41, 5.74) is 1.44. The lowest BCUT2D eigenvalue weighted by molar-refractivity contribution is 0.0513. The molecule has 0 saturated heterocycles. The van der Waals surface area contributed by atoms with Gasteiger partial charge in [0.2, 0.25) is 0 Å². The quantitative estimate of drug-likeness (QED) is 0.565. The molecule has 1 unspecified atom stereocenters. The van der Waals surface area contributed by atoms with Crippen molar-refractivity contribution >= 4 is 23.4 Å². The maximum atomic E-state index is 12.6. The number of benzene rings is 1. The molecule has 0 aliphatic rings. The van der Waals surface area contributed by atoms with Gasteiger partial charge in [-0.15, -0.1) is 0 Å². The standard InChI is InChI=1S/C22H29N5O4/c1-5-31-21(28)20-19(17(13-23)15-27(20)11-12-30-4)25-22(29)24-14-16(2)26(3)18-9-7-6-8-10-18/h6-10,15-16H,5,11-12,14H2,1-4H3,(H2,24,25,29). The Morgan fingerprint density at radius 2 is 2.00 bits per heavy atom. The summed E-state index contributed by atoms with van der Waals surface area (Å²) in [6.07, 6.45) is 1.51. The highest BCUT2D eigenvalue weighted by atomic mass is 16.5. The van der Waals surface area contributed by atoms with Crippen LogP contribution in [0.2, 0.25) is 0 Å². The number of nitriles is 1. The number of ether oxygens (including phenoxy) is 2. The second-order valence-corrected chi connectivity index (χ2v) is 6.92. The number of nitrogens with zero attached hydrogens (tertiary/aromatic N) is 3. The summed E-state index contributed by atoms with van der Waals surface area (Å²) in [5.74, 6) is -0.618. The highest BCUT2D eigenvalue weighted by molar-refractivity contribution is 6.01. The van der Waals surface area contributed by atoms with E-state index in [0.717, 1.165) is 5.69 Å². The fraction of sp³-hybridized carbons (Fsp3) is 0.409. The lowest BCUT2D eigenvalue weighted by Gasteiger charge is -2.27. The Balaban J connectivity index is 2.13. The van der Waals surface area contributed by atoms with Crippen LogP contribution >= 0.6 is 0 Å². The number of carbonyl (C=O) groups excluding carboxylic acids is 2. The summed E-state index contributed by atoms with van der Waals surface area (Å²) < 4.78 is 11.7. The van der Waals surface area contributed by atoms with Crippen molar-refractivity contribution in [3.8, 4) is 6.07 Å². The fourth-order valence-corrected chi connectivity index (χ4v) is 3.00. The summed E-state index contributed by atoms with van der Waals surface area (Å²) in [7, 11) is 3.49. The van der Waals surface area contributed by atoms with Crippen molar-refractivity contribution in [3.63, 3.8) is 0 Å². The first-order valence-corrected chi connectivity index (χ1v) is 10.0. The highest BCUT2D eigenvalue weighted by Gasteiger charge is 2.25. The molecule has 2 rings (SSSR count). The van der Waals surface area contributed by atoms with Gasteiger partial charge in [0.1, 0.15) is 6.07 Å². The molecule has 0 fully saturated rings. The predicted molar refractivity (Wildman–Crippen MR) is 118 cm³/mol. The first-order valence-electron chi connectivity index (χ1n) is 10.0. The molecule has 31 heavy (non-hydrogen) atoms. The van der Waals surface area contributed by atoms with Gasteiger partial charge in [0.15, 0.2) is 5.69 Å². The van der Waals surface area contributed by atoms with Crippen LogP contribution in [-0.4, -0.2) is 56.5 Å². The molecule has 0 saturated carbocycles. The first kappa shape index (κ1) is 23.8. The van der Waals surface area contributed by atoms with Crippen LogP contribution in [0.5, 0.6) is 0 Å². The maximum absolute atomic E-state index is 12.6. The van der Waals surface area contributed by atoms with Crippen molar-refractivity contribution in [2.24, 2.45) is 0 Å². The van der Waals surface area contributed by atoms with Crippen molar-refractivity contribution in [2.45, 2.75) is 26.4 Å². The number of anilines is 2. The van der Waals surface area contributed by atoms with Gasteiger partial charge in [-0.05, 0) is 26.0 Å². The second kappa shape index (κ2) is 11.6. The number of methoxy groups -OCH3 is 1. The number of hydrogen-bond acceptors (Lipinski definition) is 6. The van der Waals surface area contributed by atoms with Crippen molar-refractivity contribution < 1.29 is 19.1 Å². The third-order valence-electron chi connectivity index (χ3n) is 4.83. The van der Waals surface area contributed by atoms with Crippen LogP contribution in [0.1, 0.15) is 29.9 Å². The summed E-state index contributed by atoms with van der Waals surface area (Å²) in [5, 5.41) is 14.9. The van der Waals surface area contributed by atoms with E-state index in [1.165, 1.54) is 6.20 Å². The molecule has 0 radical (unpaired) electrons. The van der Waals surface area contributed by atoms with Gasteiger partial charge in [-0.25, -0.2) is 9.59 Å². The van der Waals surface area contributed by atoms with Gasteiger partial charge in [0, 0.05) is 45.2 Å². The Morgan fingerprint density at radius 1 is 1.29 bits per heavy atom. The molecular formula is C22H29N5O4. The SMILES string of the molecule is CCOC(=O)c1c(NC(=O)NCC(C)N(C)c2ccccc2)c(C#N)cn1CCOC. The third-order valence-corrected chi connectivity index (χ3v) is 4.83. The molecule has 1 atom stereocenters. The topological polar surface area (TPSA) is 109 Å². The van der Waals surface area contributed by atoms with E-state index in [4.69, 9.17) is 9.47 Å². The lowest BCUT2D eigenvalue weighted by Crippen LogP contribution is -2.42. The first-order chi connectivity index (χ1) is 14.9. The summed E-state index contributed by atoms with van der Waals surface area (Å²) in [6.45, 7) is 4.88. The summed E-state index contributed by atoms with van der Waals surface area (Å²) in [6, 6.07) is 11.3. The van der Waals surface area contributed by atoms with Gasteiger partial charge in [-0.2, -0.15) is 5.26 Å². The maximum Gasteiger partial charge on any atom is 0.357 e. The smallest absolute Gasteiger partial charge is 0.357 e. The number of hydrogen-bond donors (Lipinski definition) is 2. The normalized spacial score (nSPS) is 11.3. The molecule has 1 aromatic heterocycles. The number of esters is 1. The molecule has 0 bridgehead atoms. The highest BCUT2D eigenvalue weighted by Crippen LogP contribution is 2.24. The zero-order valence-corrected chi connectivity index (χ0v) is 18.3. The van der Waals surface area contributed by atoms with E-state index in [-0.39, 0.29) is 29.6 Å². The molecule has 1 heterocycles. The predicted octanol–water partition coefficient (Wildman–Crippen LogP) is 2.83. The number of urea groups is 1. The van der Waals surface area contributed by atoms with Crippen molar-refractivity contribution in [1.82, 2.24) is 9.88 Å². The Bertz CT molecular complexity index is 920. The van der Waals surface area contributed by atoms with Crippen LogP contribution in [0, 0.1) is 11.3 Å². The fourth-order valence-electron chi connectivity index (χ4n) is 3.00. The van der Waals surface area contributed by atoms with Crippen LogP contribution in [0.25, 0.3) is 0 Å². The lowest BCUT2D eigenvalue weighted by atomic mass is 10.2. The summed E-state index contributed by atoms with van der Waals surface area (Å²) >= 11 is 0. The van der Waals surface area contributed by atoms with E-state index in [1.807, 2.05) is 55.3 Å². The van der Waals surface area contributed by atoms with Gasteiger partial charge in [0.25, 0.3) is 0 Å². The average molecular weight is 428 g/mol. The minimum absolute atomic E-state index is 0.0133. The molecule has 2 aromatic rings. The molecule has 9 nitrogen and oxygen atoms in total. The minimum atomic E-state index is -0.618. The van der Waals surface area contributed by atoms with Gasteiger partial charge in [-0.3, -0.25) is 0 Å². The molecule has 2 amide bonds. The van der Waals surface area contributed by atoms with E-state index in [0.29, 0.717) is 19.7 Å². The molecule has 0 aliphatic carbocycles. The minimum Gasteiger partial charge on any atom is -0.461 e. The van der Waals surface area contributed by atoms with Gasteiger partial charge >= 0.3 is 12.0 Å². The number of rotatable bonds is 10. The Kier molecular flexibility index (Phi) is 8.91. The average Bonchev–Trinajstić information content (AvgIpc) is 3.13. The van der Waals surface area contributed by atoms with Crippen molar-refractivity contribution in [2.75, 3.05) is 44.1 Å². The van der Waals surface area contributed by atoms with E-state index >= 15 is 0 Å². The van der Waals surface area contributed by atoms with Crippen LogP contribution in [0.4, 0.5) is 16.2 Å². The third kappa shape index (κ3) is 6.23. The van der Waals surface area contributed by atoms with Crippen LogP contribution in [0.15, 0.2) is 36.5 Å².